The Bertz CT molecular complexity index is 308. The second-order valence-electron chi connectivity index (χ2n) is 3.50. The summed E-state index contributed by atoms with van der Waals surface area (Å²) in [6.07, 6.45) is 3.44. The number of ether oxygens (including phenoxy) is 1. The molecule has 0 unspecified atom stereocenters. The molecule has 1 saturated carbocycles. The lowest BCUT2D eigenvalue weighted by Crippen LogP contribution is -2.45. The Kier molecular flexibility index (Phi) is 2.90. The highest BCUT2D eigenvalue weighted by molar-refractivity contribution is 6.99. The van der Waals surface area contributed by atoms with Gasteiger partial charge in [0.2, 0.25) is 0 Å². The van der Waals surface area contributed by atoms with Crippen LogP contribution in [0.1, 0.15) is 19.3 Å². The third-order valence-electron chi connectivity index (χ3n) is 2.72. The predicted octanol–water partition coefficient (Wildman–Crippen LogP) is 2.17. The molecule has 4 nitrogen and oxygen atoms in total. The molecule has 1 heterocycles. The summed E-state index contributed by atoms with van der Waals surface area (Å²) in [6.45, 7) is 0.759. The number of rotatable bonds is 4. The van der Waals surface area contributed by atoms with Crippen molar-refractivity contribution in [1.82, 2.24) is 8.75 Å². The first kappa shape index (κ1) is 10.1. The smallest absolute Gasteiger partial charge is 0.186 e. The largest absolute Gasteiger partial charge is 0.376 e. The van der Waals surface area contributed by atoms with Crippen LogP contribution in [0.2, 0.25) is 5.15 Å². The van der Waals surface area contributed by atoms with Crippen LogP contribution in [0.5, 0.6) is 0 Å². The maximum Gasteiger partial charge on any atom is 0.186 e. The molecule has 0 saturated heterocycles. The fourth-order valence-corrected chi connectivity index (χ4v) is 2.24. The van der Waals surface area contributed by atoms with E-state index in [4.69, 9.17) is 16.3 Å². The van der Waals surface area contributed by atoms with Gasteiger partial charge in [0.1, 0.15) is 0 Å². The number of aromatic nitrogens is 2. The maximum atomic E-state index is 5.81. The van der Waals surface area contributed by atoms with E-state index in [1.165, 1.54) is 6.42 Å². The fraction of sp³-hybridized carbons (Fsp3) is 0.750. The average Bonchev–Trinajstić information content (AvgIpc) is 2.51. The van der Waals surface area contributed by atoms with Crippen molar-refractivity contribution in [2.24, 2.45) is 0 Å². The molecule has 0 radical (unpaired) electrons. The van der Waals surface area contributed by atoms with Gasteiger partial charge in [-0.05, 0) is 19.3 Å². The van der Waals surface area contributed by atoms with Crippen LogP contribution in [0.4, 0.5) is 5.82 Å². The number of halogens is 1. The van der Waals surface area contributed by atoms with Crippen molar-refractivity contribution in [2.75, 3.05) is 19.0 Å². The van der Waals surface area contributed by atoms with E-state index in [0.717, 1.165) is 31.1 Å². The van der Waals surface area contributed by atoms with E-state index in [0.29, 0.717) is 11.0 Å². The van der Waals surface area contributed by atoms with E-state index in [-0.39, 0.29) is 5.60 Å². The minimum Gasteiger partial charge on any atom is -0.376 e. The third-order valence-corrected chi connectivity index (χ3v) is 3.62. The zero-order valence-electron chi connectivity index (χ0n) is 7.92. The summed E-state index contributed by atoms with van der Waals surface area (Å²) in [5.41, 5.74) is -0.00700. The lowest BCUT2D eigenvalue weighted by atomic mass is 9.80. The normalized spacial score (nSPS) is 19.0. The number of methoxy groups -OCH3 is 1. The van der Waals surface area contributed by atoms with E-state index in [9.17, 15) is 0 Å². The van der Waals surface area contributed by atoms with Crippen molar-refractivity contribution in [3.05, 3.63) is 5.15 Å². The first-order valence-corrected chi connectivity index (χ1v) is 5.64. The molecule has 1 fully saturated rings. The van der Waals surface area contributed by atoms with Gasteiger partial charge in [-0.15, -0.1) is 0 Å². The van der Waals surface area contributed by atoms with Gasteiger partial charge >= 0.3 is 0 Å². The van der Waals surface area contributed by atoms with E-state index in [2.05, 4.69) is 14.1 Å². The summed E-state index contributed by atoms with van der Waals surface area (Å²) in [4.78, 5) is 0. The summed E-state index contributed by atoms with van der Waals surface area (Å²) in [5, 5.41) is 3.61. The molecule has 0 bridgehead atoms. The molecule has 0 atom stereocenters. The number of nitrogens with zero attached hydrogens (tertiary/aromatic N) is 2. The van der Waals surface area contributed by atoms with Crippen LogP contribution in [0.25, 0.3) is 0 Å². The summed E-state index contributed by atoms with van der Waals surface area (Å²) in [6, 6.07) is 0. The molecular formula is C8H12ClN3OS. The summed E-state index contributed by atoms with van der Waals surface area (Å²) in [7, 11) is 1.75. The Morgan fingerprint density at radius 3 is 2.79 bits per heavy atom. The predicted molar refractivity (Wildman–Crippen MR) is 57.0 cm³/mol. The Balaban J connectivity index is 1.90. The topological polar surface area (TPSA) is 47.0 Å². The maximum absolute atomic E-state index is 5.81. The average molecular weight is 234 g/mol. The van der Waals surface area contributed by atoms with Crippen LogP contribution in [0.3, 0.4) is 0 Å². The zero-order chi connectivity index (χ0) is 10.0. The van der Waals surface area contributed by atoms with Gasteiger partial charge in [-0.3, -0.25) is 0 Å². The highest BCUT2D eigenvalue weighted by Crippen LogP contribution is 2.35. The van der Waals surface area contributed by atoms with Crippen molar-refractivity contribution >= 4 is 29.1 Å². The Labute approximate surface area is 91.9 Å². The van der Waals surface area contributed by atoms with Gasteiger partial charge in [-0.25, -0.2) is 0 Å². The highest BCUT2D eigenvalue weighted by atomic mass is 35.5. The molecule has 14 heavy (non-hydrogen) atoms. The van der Waals surface area contributed by atoms with Gasteiger partial charge in [0.25, 0.3) is 0 Å². The fourth-order valence-electron chi connectivity index (χ4n) is 1.55. The van der Waals surface area contributed by atoms with Crippen LogP contribution in [-0.4, -0.2) is 28.0 Å². The van der Waals surface area contributed by atoms with Gasteiger partial charge in [0.15, 0.2) is 11.0 Å². The third kappa shape index (κ3) is 1.85. The number of hydrogen-bond donors (Lipinski definition) is 1. The molecule has 0 aliphatic heterocycles. The molecular weight excluding hydrogens is 222 g/mol. The first-order valence-electron chi connectivity index (χ1n) is 4.53. The molecule has 1 aromatic heterocycles. The lowest BCUT2D eigenvalue weighted by Gasteiger charge is -2.40. The van der Waals surface area contributed by atoms with Crippen LogP contribution >= 0.6 is 23.3 Å². The minimum absolute atomic E-state index is 0.00700. The van der Waals surface area contributed by atoms with Crippen LogP contribution in [-0.2, 0) is 4.74 Å². The minimum atomic E-state index is -0.00700. The molecule has 1 aromatic rings. The second-order valence-corrected chi connectivity index (χ2v) is 4.38. The molecule has 1 aliphatic carbocycles. The van der Waals surface area contributed by atoms with Crippen molar-refractivity contribution in [3.8, 4) is 0 Å². The van der Waals surface area contributed by atoms with E-state index >= 15 is 0 Å². The number of anilines is 1. The van der Waals surface area contributed by atoms with Gasteiger partial charge in [0, 0.05) is 13.7 Å². The molecule has 1 aliphatic rings. The van der Waals surface area contributed by atoms with Crippen molar-refractivity contribution in [3.63, 3.8) is 0 Å². The molecule has 6 heteroatoms. The summed E-state index contributed by atoms with van der Waals surface area (Å²) in [5.74, 6) is 0.667. The standard InChI is InChI=1S/C8H12ClN3OS/c1-13-8(3-2-4-8)5-10-7-6(9)11-14-12-7/h2-5H2,1H3,(H,10,12). The molecule has 78 valence electrons. The van der Waals surface area contributed by atoms with E-state index in [1.807, 2.05) is 0 Å². The van der Waals surface area contributed by atoms with Crippen LogP contribution < -0.4 is 5.32 Å². The Hall–Kier alpha value is -0.390. The quantitative estimate of drug-likeness (QED) is 0.866. The van der Waals surface area contributed by atoms with E-state index < -0.39 is 0 Å². The van der Waals surface area contributed by atoms with Gasteiger partial charge in [-0.1, -0.05) is 11.6 Å². The molecule has 0 aromatic carbocycles. The first-order chi connectivity index (χ1) is 6.76. The summed E-state index contributed by atoms with van der Waals surface area (Å²) < 4.78 is 13.4. The lowest BCUT2D eigenvalue weighted by molar-refractivity contribution is -0.0601. The highest BCUT2D eigenvalue weighted by Gasteiger charge is 2.36. The van der Waals surface area contributed by atoms with Crippen LogP contribution in [0.15, 0.2) is 0 Å². The van der Waals surface area contributed by atoms with Crippen molar-refractivity contribution < 1.29 is 4.74 Å². The molecule has 0 amide bonds. The van der Waals surface area contributed by atoms with Crippen molar-refractivity contribution in [1.29, 1.82) is 0 Å². The second kappa shape index (κ2) is 4.00. The zero-order valence-corrected chi connectivity index (χ0v) is 9.49. The van der Waals surface area contributed by atoms with E-state index in [1.54, 1.807) is 7.11 Å². The van der Waals surface area contributed by atoms with Gasteiger partial charge in [-0.2, -0.15) is 8.75 Å². The SMILES string of the molecule is COC1(CNc2nsnc2Cl)CCC1. The molecule has 0 spiro atoms. The number of nitrogens with one attached hydrogen (secondary N) is 1. The molecule has 2 rings (SSSR count). The van der Waals surface area contributed by atoms with Crippen LogP contribution in [0, 0.1) is 0 Å². The Morgan fingerprint density at radius 2 is 2.36 bits per heavy atom. The monoisotopic (exact) mass is 233 g/mol. The van der Waals surface area contributed by atoms with Gasteiger partial charge < -0.3 is 10.1 Å². The van der Waals surface area contributed by atoms with Crippen molar-refractivity contribution in [2.45, 2.75) is 24.9 Å². The Morgan fingerprint density at radius 1 is 1.57 bits per heavy atom. The summed E-state index contributed by atoms with van der Waals surface area (Å²) >= 11 is 6.92. The number of hydrogen-bond acceptors (Lipinski definition) is 5. The molecule has 1 N–H and O–H groups in total. The van der Waals surface area contributed by atoms with Gasteiger partial charge in [0.05, 0.1) is 17.3 Å².